The molecule has 2 aromatic carbocycles. The van der Waals surface area contributed by atoms with Crippen molar-refractivity contribution >= 4 is 0 Å². The molecular formula is C17H16N4. The lowest BCUT2D eigenvalue weighted by atomic mass is 9.99. The molecule has 4 heteroatoms. The zero-order valence-electron chi connectivity index (χ0n) is 11.5. The number of hydrogen-bond acceptors (Lipinski definition) is 4. The van der Waals surface area contributed by atoms with Crippen LogP contribution in [0.15, 0.2) is 73.2 Å². The summed E-state index contributed by atoms with van der Waals surface area (Å²) in [6, 6.07) is 18.4. The number of rotatable bonds is 4. The number of hydrazine groups is 1. The maximum absolute atomic E-state index is 5.67. The first-order chi connectivity index (χ1) is 10.4. The third-order valence-corrected chi connectivity index (χ3v) is 3.40. The van der Waals surface area contributed by atoms with E-state index in [1.807, 2.05) is 18.2 Å². The normalized spacial score (nSPS) is 12.0. The predicted molar refractivity (Wildman–Crippen MR) is 83.1 cm³/mol. The highest BCUT2D eigenvalue weighted by Gasteiger charge is 2.13. The molecule has 0 amide bonds. The topological polar surface area (TPSA) is 63.8 Å². The fraction of sp³-hybridized carbons (Fsp3) is 0.0588. The fourth-order valence-electron chi connectivity index (χ4n) is 2.31. The van der Waals surface area contributed by atoms with E-state index in [9.17, 15) is 0 Å². The van der Waals surface area contributed by atoms with E-state index in [2.05, 4.69) is 51.8 Å². The maximum Gasteiger partial charge on any atom is 0.0897 e. The SMILES string of the molecule is NNC(c1ccc(-c2ccccc2)cc1)c1cnccn1. The van der Waals surface area contributed by atoms with Crippen molar-refractivity contribution < 1.29 is 0 Å². The number of aromatic nitrogens is 2. The van der Waals surface area contributed by atoms with Crippen LogP contribution in [-0.4, -0.2) is 9.97 Å². The van der Waals surface area contributed by atoms with E-state index >= 15 is 0 Å². The molecule has 0 aliphatic carbocycles. The van der Waals surface area contributed by atoms with Gasteiger partial charge in [-0.2, -0.15) is 0 Å². The van der Waals surface area contributed by atoms with Gasteiger partial charge in [-0.25, -0.2) is 5.43 Å². The van der Waals surface area contributed by atoms with Gasteiger partial charge < -0.3 is 0 Å². The monoisotopic (exact) mass is 276 g/mol. The first-order valence-electron chi connectivity index (χ1n) is 6.76. The van der Waals surface area contributed by atoms with Gasteiger partial charge in [0.2, 0.25) is 0 Å². The molecule has 0 radical (unpaired) electrons. The molecule has 104 valence electrons. The number of nitrogens with two attached hydrogens (primary N) is 1. The highest BCUT2D eigenvalue weighted by molar-refractivity contribution is 5.63. The van der Waals surface area contributed by atoms with Gasteiger partial charge in [0.1, 0.15) is 0 Å². The van der Waals surface area contributed by atoms with Crippen LogP contribution in [0, 0.1) is 0 Å². The van der Waals surface area contributed by atoms with Crippen molar-refractivity contribution in [2.75, 3.05) is 0 Å². The van der Waals surface area contributed by atoms with Gasteiger partial charge in [0.05, 0.1) is 17.9 Å². The molecule has 0 aliphatic heterocycles. The summed E-state index contributed by atoms with van der Waals surface area (Å²) in [5.41, 5.74) is 7.01. The summed E-state index contributed by atoms with van der Waals surface area (Å²) in [5.74, 6) is 5.67. The predicted octanol–water partition coefficient (Wildman–Crippen LogP) is 2.70. The van der Waals surface area contributed by atoms with Crippen LogP contribution in [0.4, 0.5) is 0 Å². The molecule has 1 unspecified atom stereocenters. The Kier molecular flexibility index (Phi) is 4.00. The molecule has 0 aliphatic rings. The van der Waals surface area contributed by atoms with Gasteiger partial charge in [0, 0.05) is 12.4 Å². The number of benzene rings is 2. The maximum atomic E-state index is 5.67. The number of hydrogen-bond donors (Lipinski definition) is 2. The van der Waals surface area contributed by atoms with Crippen molar-refractivity contribution in [3.05, 3.63) is 84.4 Å². The second-order valence-electron chi connectivity index (χ2n) is 4.72. The van der Waals surface area contributed by atoms with E-state index in [1.165, 1.54) is 11.1 Å². The molecule has 1 atom stereocenters. The second kappa shape index (κ2) is 6.26. The molecule has 3 rings (SSSR count). The zero-order chi connectivity index (χ0) is 14.5. The van der Waals surface area contributed by atoms with E-state index in [0.717, 1.165) is 11.3 Å². The van der Waals surface area contributed by atoms with Gasteiger partial charge in [-0.3, -0.25) is 15.8 Å². The van der Waals surface area contributed by atoms with Gasteiger partial charge in [0.15, 0.2) is 0 Å². The Morgan fingerprint density at radius 2 is 1.57 bits per heavy atom. The summed E-state index contributed by atoms with van der Waals surface area (Å²) in [6.45, 7) is 0. The largest absolute Gasteiger partial charge is 0.271 e. The van der Waals surface area contributed by atoms with Crippen molar-refractivity contribution in [3.8, 4) is 11.1 Å². The Bertz CT molecular complexity index is 681. The van der Waals surface area contributed by atoms with E-state index in [-0.39, 0.29) is 6.04 Å². The summed E-state index contributed by atoms with van der Waals surface area (Å²) in [4.78, 5) is 8.39. The summed E-state index contributed by atoms with van der Waals surface area (Å²) in [5, 5.41) is 0. The van der Waals surface area contributed by atoms with Crippen LogP contribution in [0.5, 0.6) is 0 Å². The molecule has 0 bridgehead atoms. The highest BCUT2D eigenvalue weighted by Crippen LogP contribution is 2.23. The van der Waals surface area contributed by atoms with E-state index < -0.39 is 0 Å². The highest BCUT2D eigenvalue weighted by atomic mass is 15.2. The molecule has 1 aromatic heterocycles. The minimum atomic E-state index is -0.163. The summed E-state index contributed by atoms with van der Waals surface area (Å²) in [6.07, 6.45) is 5.03. The van der Waals surface area contributed by atoms with Gasteiger partial charge in [0.25, 0.3) is 0 Å². The van der Waals surface area contributed by atoms with Crippen molar-refractivity contribution in [1.82, 2.24) is 15.4 Å². The molecule has 3 N–H and O–H groups in total. The Balaban J connectivity index is 1.90. The van der Waals surface area contributed by atoms with E-state index in [1.54, 1.807) is 18.6 Å². The van der Waals surface area contributed by atoms with E-state index in [4.69, 9.17) is 5.84 Å². The average molecular weight is 276 g/mol. The van der Waals surface area contributed by atoms with Crippen molar-refractivity contribution in [2.45, 2.75) is 6.04 Å². The minimum Gasteiger partial charge on any atom is -0.271 e. The summed E-state index contributed by atoms with van der Waals surface area (Å²) in [7, 11) is 0. The average Bonchev–Trinajstić information content (AvgIpc) is 2.58. The summed E-state index contributed by atoms with van der Waals surface area (Å²) < 4.78 is 0. The van der Waals surface area contributed by atoms with Crippen molar-refractivity contribution in [3.63, 3.8) is 0 Å². The quantitative estimate of drug-likeness (QED) is 0.568. The smallest absolute Gasteiger partial charge is 0.0897 e. The lowest BCUT2D eigenvalue weighted by Crippen LogP contribution is -2.29. The number of nitrogens with zero attached hydrogens (tertiary/aromatic N) is 2. The lowest BCUT2D eigenvalue weighted by molar-refractivity contribution is 0.618. The van der Waals surface area contributed by atoms with Crippen molar-refractivity contribution in [2.24, 2.45) is 5.84 Å². The molecule has 1 heterocycles. The first-order valence-corrected chi connectivity index (χ1v) is 6.76. The van der Waals surface area contributed by atoms with Gasteiger partial charge in [-0.1, -0.05) is 54.6 Å². The molecule has 0 saturated heterocycles. The third-order valence-electron chi connectivity index (χ3n) is 3.40. The minimum absolute atomic E-state index is 0.163. The second-order valence-corrected chi connectivity index (χ2v) is 4.72. The van der Waals surface area contributed by atoms with Gasteiger partial charge in [-0.15, -0.1) is 0 Å². The Hall–Kier alpha value is -2.56. The Labute approximate surface area is 123 Å². The first kappa shape index (κ1) is 13.4. The molecule has 0 fully saturated rings. The Morgan fingerprint density at radius 3 is 2.19 bits per heavy atom. The summed E-state index contributed by atoms with van der Waals surface area (Å²) >= 11 is 0. The van der Waals surface area contributed by atoms with Crippen LogP contribution in [0.25, 0.3) is 11.1 Å². The molecule has 0 spiro atoms. The van der Waals surface area contributed by atoms with Crippen LogP contribution in [0.3, 0.4) is 0 Å². The van der Waals surface area contributed by atoms with Crippen LogP contribution >= 0.6 is 0 Å². The number of nitrogens with one attached hydrogen (secondary N) is 1. The molecular weight excluding hydrogens is 260 g/mol. The van der Waals surface area contributed by atoms with Crippen LogP contribution in [-0.2, 0) is 0 Å². The molecule has 3 aromatic rings. The third kappa shape index (κ3) is 2.97. The van der Waals surface area contributed by atoms with Crippen LogP contribution < -0.4 is 11.3 Å². The zero-order valence-corrected chi connectivity index (χ0v) is 11.5. The molecule has 0 saturated carbocycles. The molecule has 21 heavy (non-hydrogen) atoms. The van der Waals surface area contributed by atoms with E-state index in [0.29, 0.717) is 0 Å². The van der Waals surface area contributed by atoms with Crippen molar-refractivity contribution in [1.29, 1.82) is 0 Å². The van der Waals surface area contributed by atoms with Gasteiger partial charge >= 0.3 is 0 Å². The standard InChI is InChI=1S/C17H16N4/c18-21-17(16-12-19-10-11-20-16)15-8-6-14(7-9-15)13-4-2-1-3-5-13/h1-12,17,21H,18H2. The van der Waals surface area contributed by atoms with Crippen LogP contribution in [0.1, 0.15) is 17.3 Å². The van der Waals surface area contributed by atoms with Crippen LogP contribution in [0.2, 0.25) is 0 Å². The molecule has 4 nitrogen and oxygen atoms in total. The van der Waals surface area contributed by atoms with Gasteiger partial charge in [-0.05, 0) is 16.7 Å². The lowest BCUT2D eigenvalue weighted by Gasteiger charge is -2.15. The Morgan fingerprint density at radius 1 is 0.857 bits per heavy atom. The fourth-order valence-corrected chi connectivity index (χ4v) is 2.31.